The second kappa shape index (κ2) is 4.64. The maximum absolute atomic E-state index is 10.9. The maximum atomic E-state index is 10.9. The summed E-state index contributed by atoms with van der Waals surface area (Å²) in [6.07, 6.45) is 2.56. The summed E-state index contributed by atoms with van der Waals surface area (Å²) in [7, 11) is 0. The van der Waals surface area contributed by atoms with Crippen molar-refractivity contribution in [1.29, 1.82) is 0 Å². The molecule has 1 heterocycles. The lowest BCUT2D eigenvalue weighted by Crippen LogP contribution is -2.12. The quantitative estimate of drug-likeness (QED) is 0.734. The molecule has 0 saturated heterocycles. The number of rotatable bonds is 4. The van der Waals surface area contributed by atoms with E-state index < -0.39 is 0 Å². The molecular formula is C9H15N3O. The van der Waals surface area contributed by atoms with Gasteiger partial charge in [-0.1, -0.05) is 13.8 Å². The van der Waals surface area contributed by atoms with Crippen molar-refractivity contribution in [3.63, 3.8) is 0 Å². The molecule has 0 fully saturated rings. The normalized spacial score (nSPS) is 10.4. The van der Waals surface area contributed by atoms with Crippen molar-refractivity contribution in [1.82, 2.24) is 9.97 Å². The molecule has 13 heavy (non-hydrogen) atoms. The van der Waals surface area contributed by atoms with Crippen molar-refractivity contribution in [3.05, 3.63) is 22.6 Å². The van der Waals surface area contributed by atoms with E-state index in [1.54, 1.807) is 0 Å². The Bertz CT molecular complexity index is 306. The van der Waals surface area contributed by atoms with E-state index in [9.17, 15) is 4.79 Å². The number of H-pyrrole nitrogens is 1. The Kier molecular flexibility index (Phi) is 3.49. The van der Waals surface area contributed by atoms with Crippen molar-refractivity contribution in [2.24, 2.45) is 5.92 Å². The summed E-state index contributed by atoms with van der Waals surface area (Å²) in [5.41, 5.74) is -0.123. The summed E-state index contributed by atoms with van der Waals surface area (Å²) < 4.78 is 0. The molecule has 0 saturated carbocycles. The zero-order chi connectivity index (χ0) is 9.68. The fraction of sp³-hybridized carbons (Fsp3) is 0.556. The first kappa shape index (κ1) is 9.77. The van der Waals surface area contributed by atoms with Crippen LogP contribution in [0.25, 0.3) is 0 Å². The van der Waals surface area contributed by atoms with Gasteiger partial charge in [-0.05, 0) is 12.3 Å². The molecule has 0 unspecified atom stereocenters. The van der Waals surface area contributed by atoms with E-state index in [-0.39, 0.29) is 5.56 Å². The molecule has 1 aromatic heterocycles. The zero-order valence-electron chi connectivity index (χ0n) is 8.00. The van der Waals surface area contributed by atoms with Crippen molar-refractivity contribution in [3.8, 4) is 0 Å². The molecule has 0 radical (unpaired) electrons. The second-order valence-electron chi connectivity index (χ2n) is 3.39. The molecule has 0 atom stereocenters. The van der Waals surface area contributed by atoms with Gasteiger partial charge in [0.1, 0.15) is 0 Å². The third-order valence-electron chi connectivity index (χ3n) is 1.69. The van der Waals surface area contributed by atoms with Crippen LogP contribution in [-0.2, 0) is 0 Å². The Labute approximate surface area is 77.4 Å². The highest BCUT2D eigenvalue weighted by molar-refractivity contribution is 5.21. The standard InChI is InChI=1S/C9H15N3O/c1-7(2)3-5-10-9-11-6-4-8(13)12-9/h4,6-7H,3,5H2,1-2H3,(H2,10,11,12,13). The lowest BCUT2D eigenvalue weighted by molar-refractivity contribution is 0.606. The van der Waals surface area contributed by atoms with Crippen LogP contribution in [0.1, 0.15) is 20.3 Å². The Morgan fingerprint density at radius 1 is 1.62 bits per heavy atom. The Balaban J connectivity index is 2.41. The van der Waals surface area contributed by atoms with Gasteiger partial charge >= 0.3 is 0 Å². The molecule has 72 valence electrons. The molecule has 0 aliphatic heterocycles. The van der Waals surface area contributed by atoms with Crippen LogP contribution < -0.4 is 10.9 Å². The van der Waals surface area contributed by atoms with Crippen molar-refractivity contribution >= 4 is 5.95 Å². The minimum absolute atomic E-state index is 0.123. The summed E-state index contributed by atoms with van der Waals surface area (Å²) in [6, 6.07) is 1.40. The number of aromatic amines is 1. The molecule has 4 nitrogen and oxygen atoms in total. The smallest absolute Gasteiger partial charge is 0.252 e. The first-order valence-corrected chi connectivity index (χ1v) is 4.47. The third-order valence-corrected chi connectivity index (χ3v) is 1.69. The fourth-order valence-corrected chi connectivity index (χ4v) is 0.939. The van der Waals surface area contributed by atoms with Crippen LogP contribution in [0.15, 0.2) is 17.1 Å². The van der Waals surface area contributed by atoms with Gasteiger partial charge in [-0.3, -0.25) is 9.78 Å². The van der Waals surface area contributed by atoms with E-state index in [2.05, 4.69) is 29.1 Å². The first-order valence-electron chi connectivity index (χ1n) is 4.47. The van der Waals surface area contributed by atoms with Crippen LogP contribution in [-0.4, -0.2) is 16.5 Å². The van der Waals surface area contributed by atoms with Crippen molar-refractivity contribution < 1.29 is 0 Å². The molecule has 1 aromatic rings. The van der Waals surface area contributed by atoms with Gasteiger partial charge in [0.15, 0.2) is 0 Å². The molecule has 2 N–H and O–H groups in total. The fourth-order valence-electron chi connectivity index (χ4n) is 0.939. The largest absolute Gasteiger partial charge is 0.356 e. The molecule has 0 aliphatic rings. The molecule has 0 spiro atoms. The van der Waals surface area contributed by atoms with E-state index in [0.717, 1.165) is 13.0 Å². The van der Waals surface area contributed by atoms with Crippen LogP contribution in [0.5, 0.6) is 0 Å². The number of nitrogens with one attached hydrogen (secondary N) is 2. The highest BCUT2D eigenvalue weighted by Crippen LogP contribution is 1.99. The number of aromatic nitrogens is 2. The van der Waals surface area contributed by atoms with Gasteiger partial charge in [0, 0.05) is 18.8 Å². The van der Waals surface area contributed by atoms with Crippen LogP contribution in [0.3, 0.4) is 0 Å². The Morgan fingerprint density at radius 2 is 2.38 bits per heavy atom. The summed E-state index contributed by atoms with van der Waals surface area (Å²) in [5, 5.41) is 3.05. The number of hydrogen-bond acceptors (Lipinski definition) is 3. The molecule has 1 rings (SSSR count). The lowest BCUT2D eigenvalue weighted by Gasteiger charge is -2.06. The predicted molar refractivity (Wildman–Crippen MR) is 52.8 cm³/mol. The molecule has 0 aliphatic carbocycles. The van der Waals surface area contributed by atoms with Gasteiger partial charge in [0.05, 0.1) is 0 Å². The third kappa shape index (κ3) is 3.73. The average molecular weight is 181 g/mol. The van der Waals surface area contributed by atoms with Gasteiger partial charge < -0.3 is 5.32 Å². The number of nitrogens with zero attached hydrogens (tertiary/aromatic N) is 1. The maximum Gasteiger partial charge on any atom is 0.252 e. The topological polar surface area (TPSA) is 57.8 Å². The van der Waals surface area contributed by atoms with Crippen LogP contribution in [0.2, 0.25) is 0 Å². The van der Waals surface area contributed by atoms with E-state index in [1.165, 1.54) is 12.3 Å². The lowest BCUT2D eigenvalue weighted by atomic mass is 10.1. The van der Waals surface area contributed by atoms with Crippen molar-refractivity contribution in [2.75, 3.05) is 11.9 Å². The van der Waals surface area contributed by atoms with Gasteiger partial charge in [-0.25, -0.2) is 4.98 Å². The molecule has 0 aromatic carbocycles. The minimum Gasteiger partial charge on any atom is -0.356 e. The Morgan fingerprint density at radius 3 is 3.00 bits per heavy atom. The summed E-state index contributed by atoms with van der Waals surface area (Å²) in [5.74, 6) is 1.20. The molecular weight excluding hydrogens is 166 g/mol. The zero-order valence-corrected chi connectivity index (χ0v) is 8.00. The Hall–Kier alpha value is -1.32. The minimum atomic E-state index is -0.123. The predicted octanol–water partition coefficient (Wildman–Crippen LogP) is 1.23. The highest BCUT2D eigenvalue weighted by Gasteiger charge is 1.95. The van der Waals surface area contributed by atoms with Crippen LogP contribution in [0, 0.1) is 5.92 Å². The molecule has 4 heteroatoms. The monoisotopic (exact) mass is 181 g/mol. The number of hydrogen-bond donors (Lipinski definition) is 2. The first-order chi connectivity index (χ1) is 6.18. The van der Waals surface area contributed by atoms with Gasteiger partial charge in [0.25, 0.3) is 5.56 Å². The molecule has 0 amide bonds. The number of anilines is 1. The van der Waals surface area contributed by atoms with Crippen LogP contribution >= 0.6 is 0 Å². The molecule has 0 bridgehead atoms. The average Bonchev–Trinajstić information content (AvgIpc) is 2.03. The van der Waals surface area contributed by atoms with Gasteiger partial charge in [-0.15, -0.1) is 0 Å². The van der Waals surface area contributed by atoms with Gasteiger partial charge in [-0.2, -0.15) is 0 Å². The summed E-state index contributed by atoms with van der Waals surface area (Å²) >= 11 is 0. The van der Waals surface area contributed by atoms with E-state index >= 15 is 0 Å². The van der Waals surface area contributed by atoms with Gasteiger partial charge in [0.2, 0.25) is 5.95 Å². The highest BCUT2D eigenvalue weighted by atomic mass is 16.1. The summed E-state index contributed by atoms with van der Waals surface area (Å²) in [4.78, 5) is 17.4. The van der Waals surface area contributed by atoms with Crippen molar-refractivity contribution in [2.45, 2.75) is 20.3 Å². The van der Waals surface area contributed by atoms with E-state index in [1.807, 2.05) is 0 Å². The SMILES string of the molecule is CC(C)CCNc1nccc(=O)[nH]1. The van der Waals surface area contributed by atoms with Crippen LogP contribution in [0.4, 0.5) is 5.95 Å². The van der Waals surface area contributed by atoms with E-state index in [0.29, 0.717) is 11.9 Å². The summed E-state index contributed by atoms with van der Waals surface area (Å²) in [6.45, 7) is 5.15. The van der Waals surface area contributed by atoms with E-state index in [4.69, 9.17) is 0 Å². The second-order valence-corrected chi connectivity index (χ2v) is 3.39.